The first kappa shape index (κ1) is 20.2. The summed E-state index contributed by atoms with van der Waals surface area (Å²) in [7, 11) is 1.84. The topological polar surface area (TPSA) is 62.7 Å². The van der Waals surface area contributed by atoms with Crippen LogP contribution in [0.5, 0.6) is 0 Å². The summed E-state index contributed by atoms with van der Waals surface area (Å²) in [4.78, 5) is 33.4. The van der Waals surface area contributed by atoms with Crippen molar-refractivity contribution in [3.05, 3.63) is 47.3 Å². The molecule has 1 unspecified atom stereocenters. The Morgan fingerprint density at radius 1 is 1.19 bits per heavy atom. The second kappa shape index (κ2) is 8.08. The van der Waals surface area contributed by atoms with E-state index in [0.29, 0.717) is 26.1 Å². The monoisotopic (exact) mass is 419 g/mol. The lowest BCUT2D eigenvalue weighted by Crippen LogP contribution is -2.56. The second-order valence-corrected chi connectivity index (χ2v) is 8.82. The number of carbonyl (C=O) groups is 2. The van der Waals surface area contributed by atoms with Gasteiger partial charge in [-0.15, -0.1) is 0 Å². The minimum atomic E-state index is -0.111. The number of carbonyl (C=O) groups excluding carboxylic acids is 2. The number of hydrogen-bond acceptors (Lipinski definition) is 4. The zero-order valence-electron chi connectivity index (χ0n) is 18.3. The number of ether oxygens (including phenoxy) is 1. The lowest BCUT2D eigenvalue weighted by atomic mass is 9.79. The molecule has 5 rings (SSSR count). The highest BCUT2D eigenvalue weighted by atomic mass is 16.5. The normalized spacial score (nSPS) is 20.8. The highest BCUT2D eigenvalue weighted by Gasteiger charge is 2.37. The number of pyridine rings is 1. The van der Waals surface area contributed by atoms with Crippen molar-refractivity contribution in [3.63, 3.8) is 0 Å². The predicted octanol–water partition coefficient (Wildman–Crippen LogP) is 3.32. The number of fused-ring (bicyclic) bond motifs is 2. The molecule has 1 aromatic carbocycles. The summed E-state index contributed by atoms with van der Waals surface area (Å²) in [5.74, 6) is 0.263. The molecule has 1 atom stereocenters. The molecule has 3 heterocycles. The van der Waals surface area contributed by atoms with E-state index >= 15 is 0 Å². The summed E-state index contributed by atoms with van der Waals surface area (Å²) in [6.45, 7) is 4.08. The Bertz CT molecular complexity index is 1030. The Labute approximate surface area is 183 Å². The number of aromatic nitrogens is 1. The van der Waals surface area contributed by atoms with Gasteiger partial charge in [-0.3, -0.25) is 14.6 Å². The number of hydrogen-bond donors (Lipinski definition) is 0. The molecule has 1 saturated heterocycles. The maximum atomic E-state index is 13.2. The van der Waals surface area contributed by atoms with Gasteiger partial charge in [-0.05, 0) is 67.0 Å². The molecule has 2 aromatic rings. The van der Waals surface area contributed by atoms with Gasteiger partial charge in [0.25, 0.3) is 0 Å². The Morgan fingerprint density at radius 2 is 2.03 bits per heavy atom. The van der Waals surface area contributed by atoms with Crippen LogP contribution in [0.25, 0.3) is 11.1 Å². The average molecular weight is 420 g/mol. The molecule has 6 heteroatoms. The van der Waals surface area contributed by atoms with Crippen molar-refractivity contribution < 1.29 is 14.3 Å². The van der Waals surface area contributed by atoms with Crippen LogP contribution in [-0.2, 0) is 27.2 Å². The van der Waals surface area contributed by atoms with Crippen LogP contribution in [0.2, 0.25) is 0 Å². The molecule has 0 spiro atoms. The molecule has 6 nitrogen and oxygen atoms in total. The van der Waals surface area contributed by atoms with Gasteiger partial charge < -0.3 is 14.5 Å². The van der Waals surface area contributed by atoms with E-state index in [-0.39, 0.29) is 23.8 Å². The van der Waals surface area contributed by atoms with Gasteiger partial charge in [-0.25, -0.2) is 0 Å². The van der Waals surface area contributed by atoms with Crippen molar-refractivity contribution in [2.24, 2.45) is 0 Å². The Balaban J connectivity index is 1.44. The van der Waals surface area contributed by atoms with Gasteiger partial charge in [-0.1, -0.05) is 6.07 Å². The van der Waals surface area contributed by atoms with Crippen LogP contribution in [0.15, 0.2) is 30.6 Å². The third-order valence-electron chi connectivity index (χ3n) is 6.98. The zero-order chi connectivity index (χ0) is 21.5. The van der Waals surface area contributed by atoms with Crippen molar-refractivity contribution in [2.45, 2.75) is 51.0 Å². The van der Waals surface area contributed by atoms with Crippen LogP contribution in [0, 0.1) is 0 Å². The number of anilines is 1. The fourth-order valence-electron chi connectivity index (χ4n) is 5.23. The summed E-state index contributed by atoms with van der Waals surface area (Å²) in [5.41, 5.74) is 6.77. The summed E-state index contributed by atoms with van der Waals surface area (Å²) in [6.07, 6.45) is 8.18. The largest absolute Gasteiger partial charge is 0.375 e. The number of rotatable bonds is 4. The SMILES string of the molecule is CCOC1CN(C(=O)C2CCCc3c(-c4ccc5c(c4)CCC(=O)N5C)cncc32)C1. The molecular formula is C25H29N3O3. The van der Waals surface area contributed by atoms with Crippen molar-refractivity contribution in [1.82, 2.24) is 9.88 Å². The molecule has 0 radical (unpaired) electrons. The summed E-state index contributed by atoms with van der Waals surface area (Å²) >= 11 is 0. The number of likely N-dealkylation sites (tertiary alicyclic amines) is 1. The van der Waals surface area contributed by atoms with Gasteiger partial charge in [0.05, 0.1) is 12.0 Å². The van der Waals surface area contributed by atoms with Crippen molar-refractivity contribution in [2.75, 3.05) is 31.6 Å². The molecule has 1 fully saturated rings. The zero-order valence-corrected chi connectivity index (χ0v) is 18.3. The quantitative estimate of drug-likeness (QED) is 0.763. The molecule has 0 saturated carbocycles. The third-order valence-corrected chi connectivity index (χ3v) is 6.98. The van der Waals surface area contributed by atoms with Crippen LogP contribution in [0.3, 0.4) is 0 Å². The number of amides is 2. The van der Waals surface area contributed by atoms with E-state index in [1.165, 1.54) is 11.1 Å². The maximum Gasteiger partial charge on any atom is 0.230 e. The van der Waals surface area contributed by atoms with Crippen LogP contribution in [0.4, 0.5) is 5.69 Å². The molecule has 0 N–H and O–H groups in total. The predicted molar refractivity (Wildman–Crippen MR) is 119 cm³/mol. The molecule has 3 aliphatic rings. The van der Waals surface area contributed by atoms with Crippen molar-refractivity contribution >= 4 is 17.5 Å². The minimum absolute atomic E-state index is 0.111. The van der Waals surface area contributed by atoms with Gasteiger partial charge in [0.2, 0.25) is 11.8 Å². The van der Waals surface area contributed by atoms with Gasteiger partial charge in [0.1, 0.15) is 0 Å². The minimum Gasteiger partial charge on any atom is -0.375 e. The Kier molecular flexibility index (Phi) is 5.26. The van der Waals surface area contributed by atoms with Gasteiger partial charge in [0.15, 0.2) is 0 Å². The molecule has 1 aromatic heterocycles. The lowest BCUT2D eigenvalue weighted by Gasteiger charge is -2.41. The number of benzene rings is 1. The van der Waals surface area contributed by atoms with E-state index in [4.69, 9.17) is 4.74 Å². The summed E-state index contributed by atoms with van der Waals surface area (Å²) in [5, 5.41) is 0. The fraction of sp³-hybridized carbons (Fsp3) is 0.480. The van der Waals surface area contributed by atoms with Crippen molar-refractivity contribution in [3.8, 4) is 11.1 Å². The molecule has 31 heavy (non-hydrogen) atoms. The Morgan fingerprint density at radius 3 is 2.84 bits per heavy atom. The van der Waals surface area contributed by atoms with Crippen LogP contribution >= 0.6 is 0 Å². The lowest BCUT2D eigenvalue weighted by molar-refractivity contribution is -0.146. The molecule has 162 valence electrons. The second-order valence-electron chi connectivity index (χ2n) is 8.82. The first-order valence-corrected chi connectivity index (χ1v) is 11.3. The first-order valence-electron chi connectivity index (χ1n) is 11.3. The van der Waals surface area contributed by atoms with Crippen LogP contribution < -0.4 is 4.90 Å². The van der Waals surface area contributed by atoms with E-state index in [1.54, 1.807) is 4.90 Å². The van der Waals surface area contributed by atoms with Crippen LogP contribution in [0.1, 0.15) is 48.8 Å². The molecule has 2 amide bonds. The van der Waals surface area contributed by atoms with E-state index in [2.05, 4.69) is 17.1 Å². The molecular weight excluding hydrogens is 390 g/mol. The van der Waals surface area contributed by atoms with Gasteiger partial charge >= 0.3 is 0 Å². The van der Waals surface area contributed by atoms with Gasteiger partial charge in [0, 0.05) is 56.8 Å². The van der Waals surface area contributed by atoms with Gasteiger partial charge in [-0.2, -0.15) is 0 Å². The molecule has 1 aliphatic carbocycles. The highest BCUT2D eigenvalue weighted by Crippen LogP contribution is 2.40. The number of aryl methyl sites for hydroxylation is 1. The maximum absolute atomic E-state index is 13.2. The Hall–Kier alpha value is -2.73. The van der Waals surface area contributed by atoms with E-state index in [1.807, 2.05) is 37.3 Å². The standard InChI is InChI=1S/C25H29N3O3/c1-3-31-18-14-28(15-18)25(30)20-6-4-5-19-21(12-26-13-22(19)20)16-7-9-23-17(11-16)8-10-24(29)27(23)2/h7,9,11-13,18,20H,3-6,8,10,14-15H2,1-2H3. The smallest absolute Gasteiger partial charge is 0.230 e. The van der Waals surface area contributed by atoms with E-state index < -0.39 is 0 Å². The summed E-state index contributed by atoms with van der Waals surface area (Å²) < 4.78 is 5.62. The fourth-order valence-corrected chi connectivity index (χ4v) is 5.23. The third kappa shape index (κ3) is 3.53. The van der Waals surface area contributed by atoms with E-state index in [9.17, 15) is 9.59 Å². The van der Waals surface area contributed by atoms with Crippen LogP contribution in [-0.4, -0.2) is 54.5 Å². The van der Waals surface area contributed by atoms with Crippen molar-refractivity contribution in [1.29, 1.82) is 0 Å². The molecule has 0 bridgehead atoms. The highest BCUT2D eigenvalue weighted by molar-refractivity contribution is 5.96. The molecule has 2 aliphatic heterocycles. The first-order chi connectivity index (χ1) is 15.1. The summed E-state index contributed by atoms with van der Waals surface area (Å²) in [6, 6.07) is 6.32. The number of nitrogens with zero attached hydrogens (tertiary/aromatic N) is 3. The van der Waals surface area contributed by atoms with E-state index in [0.717, 1.165) is 48.1 Å². The average Bonchev–Trinajstić information content (AvgIpc) is 2.77.